The van der Waals surface area contributed by atoms with E-state index in [4.69, 9.17) is 18.9 Å². The SMILES string of the molecule is CC[C@H](C(=O)N1CCc2cc(OC)c(OC)cc2[C@@H]1COc1ccc(C(=O)OC)cc1)c1ccccc1. The molecule has 0 bridgehead atoms. The third-order valence-corrected chi connectivity index (χ3v) is 6.88. The number of ether oxygens (including phenoxy) is 4. The molecule has 0 aromatic heterocycles. The molecule has 37 heavy (non-hydrogen) atoms. The van der Waals surface area contributed by atoms with Crippen LogP contribution in [0, 0.1) is 0 Å². The van der Waals surface area contributed by atoms with Gasteiger partial charge in [-0.25, -0.2) is 4.79 Å². The zero-order valence-corrected chi connectivity index (χ0v) is 21.7. The van der Waals surface area contributed by atoms with E-state index in [1.54, 1.807) is 38.5 Å². The molecule has 3 aromatic carbocycles. The molecule has 0 N–H and O–H groups in total. The van der Waals surface area contributed by atoms with Crippen molar-refractivity contribution in [1.82, 2.24) is 4.90 Å². The molecule has 0 saturated heterocycles. The van der Waals surface area contributed by atoms with E-state index in [1.165, 1.54) is 7.11 Å². The Morgan fingerprint density at radius 2 is 1.62 bits per heavy atom. The van der Waals surface area contributed by atoms with Crippen LogP contribution in [0.3, 0.4) is 0 Å². The zero-order chi connectivity index (χ0) is 26.4. The fraction of sp³-hybridized carbons (Fsp3) is 0.333. The van der Waals surface area contributed by atoms with Crippen molar-refractivity contribution in [1.29, 1.82) is 0 Å². The topological polar surface area (TPSA) is 74.3 Å². The van der Waals surface area contributed by atoms with Gasteiger partial charge in [-0.3, -0.25) is 4.79 Å². The largest absolute Gasteiger partial charge is 0.493 e. The predicted molar refractivity (Wildman–Crippen MR) is 140 cm³/mol. The Bertz CT molecular complexity index is 1220. The third-order valence-electron chi connectivity index (χ3n) is 6.88. The highest BCUT2D eigenvalue weighted by molar-refractivity contribution is 5.89. The van der Waals surface area contributed by atoms with Crippen LogP contribution >= 0.6 is 0 Å². The molecule has 0 radical (unpaired) electrons. The quantitative estimate of drug-likeness (QED) is 0.374. The van der Waals surface area contributed by atoms with Gasteiger partial charge in [-0.1, -0.05) is 37.3 Å². The van der Waals surface area contributed by atoms with E-state index < -0.39 is 5.97 Å². The lowest BCUT2D eigenvalue weighted by atomic mass is 9.89. The van der Waals surface area contributed by atoms with Gasteiger partial charge in [0.15, 0.2) is 11.5 Å². The minimum Gasteiger partial charge on any atom is -0.493 e. The second-order valence-corrected chi connectivity index (χ2v) is 8.90. The van der Waals surface area contributed by atoms with Gasteiger partial charge in [-0.2, -0.15) is 0 Å². The van der Waals surface area contributed by atoms with E-state index in [1.807, 2.05) is 54.3 Å². The van der Waals surface area contributed by atoms with E-state index >= 15 is 0 Å². The van der Waals surface area contributed by atoms with E-state index in [0.717, 1.165) is 16.7 Å². The molecule has 3 aromatic rings. The number of nitrogens with zero attached hydrogens (tertiary/aromatic N) is 1. The van der Waals surface area contributed by atoms with Crippen LogP contribution in [0.4, 0.5) is 0 Å². The van der Waals surface area contributed by atoms with E-state index in [0.29, 0.717) is 42.2 Å². The standard InChI is InChI=1S/C30H33NO6/c1-5-24(20-9-7-6-8-10-20)29(32)31-16-15-22-17-27(34-2)28(35-3)18-25(22)26(31)19-37-23-13-11-21(12-14-23)30(33)36-4/h6-14,17-18,24,26H,5,15-16,19H2,1-4H3/t24-,26-/m0/s1. The number of esters is 1. The first kappa shape index (κ1) is 26.1. The molecule has 4 rings (SSSR count). The summed E-state index contributed by atoms with van der Waals surface area (Å²) in [6.07, 6.45) is 1.40. The van der Waals surface area contributed by atoms with Gasteiger partial charge in [0.1, 0.15) is 12.4 Å². The molecule has 1 heterocycles. The number of methoxy groups -OCH3 is 3. The van der Waals surface area contributed by atoms with Gasteiger partial charge in [0.25, 0.3) is 0 Å². The van der Waals surface area contributed by atoms with Gasteiger partial charge in [0, 0.05) is 6.54 Å². The van der Waals surface area contributed by atoms with E-state index in [9.17, 15) is 9.59 Å². The molecule has 7 heteroatoms. The van der Waals surface area contributed by atoms with Crippen molar-refractivity contribution in [3.8, 4) is 17.2 Å². The lowest BCUT2D eigenvalue weighted by Gasteiger charge is -2.39. The maximum absolute atomic E-state index is 14.0. The van der Waals surface area contributed by atoms with Gasteiger partial charge in [-0.05, 0) is 65.9 Å². The van der Waals surface area contributed by atoms with E-state index in [2.05, 4.69) is 0 Å². The predicted octanol–water partition coefficient (Wildman–Crippen LogP) is 5.19. The normalized spacial score (nSPS) is 15.4. The number of carbonyl (C=O) groups excluding carboxylic acids is 2. The van der Waals surface area contributed by atoms with Crippen LogP contribution in [0.15, 0.2) is 66.7 Å². The molecule has 2 atom stereocenters. The van der Waals surface area contributed by atoms with Crippen molar-refractivity contribution in [3.63, 3.8) is 0 Å². The number of benzene rings is 3. The van der Waals surface area contributed by atoms with Crippen LogP contribution in [-0.2, 0) is 16.0 Å². The number of hydrogen-bond acceptors (Lipinski definition) is 6. The molecule has 0 aliphatic carbocycles. The first-order valence-electron chi connectivity index (χ1n) is 12.4. The van der Waals surface area contributed by atoms with Crippen LogP contribution in [-0.4, -0.2) is 51.3 Å². The molecule has 1 aliphatic heterocycles. The smallest absolute Gasteiger partial charge is 0.337 e. The number of carbonyl (C=O) groups is 2. The Labute approximate surface area is 217 Å². The molecule has 1 amide bonds. The van der Waals surface area contributed by atoms with Gasteiger partial charge < -0.3 is 23.8 Å². The minimum atomic E-state index is -0.405. The fourth-order valence-corrected chi connectivity index (χ4v) is 4.89. The summed E-state index contributed by atoms with van der Waals surface area (Å²) in [6.45, 7) is 2.85. The van der Waals surface area contributed by atoms with Gasteiger partial charge in [-0.15, -0.1) is 0 Å². The Hall–Kier alpha value is -4.00. The molecule has 7 nitrogen and oxygen atoms in total. The maximum Gasteiger partial charge on any atom is 0.337 e. The lowest BCUT2D eigenvalue weighted by molar-refractivity contribution is -0.136. The number of hydrogen-bond donors (Lipinski definition) is 0. The summed E-state index contributed by atoms with van der Waals surface area (Å²) in [5, 5.41) is 0. The van der Waals surface area contributed by atoms with Crippen LogP contribution in [0.25, 0.3) is 0 Å². The monoisotopic (exact) mass is 503 g/mol. The number of rotatable bonds is 9. The molecule has 0 saturated carbocycles. The Morgan fingerprint density at radius 1 is 0.946 bits per heavy atom. The summed E-state index contributed by atoms with van der Waals surface area (Å²) in [5.41, 5.74) is 3.53. The molecule has 0 unspecified atom stereocenters. The first-order chi connectivity index (χ1) is 18.0. The van der Waals surface area contributed by atoms with Crippen molar-refractivity contribution >= 4 is 11.9 Å². The summed E-state index contributed by atoms with van der Waals surface area (Å²) in [6, 6.07) is 20.3. The van der Waals surface area contributed by atoms with Crippen LogP contribution in [0.5, 0.6) is 17.2 Å². The van der Waals surface area contributed by atoms with E-state index in [-0.39, 0.29) is 24.5 Å². The average molecular weight is 504 g/mol. The summed E-state index contributed by atoms with van der Waals surface area (Å²) < 4.78 is 22.1. The highest BCUT2D eigenvalue weighted by Gasteiger charge is 2.36. The van der Waals surface area contributed by atoms with Crippen molar-refractivity contribution in [2.45, 2.75) is 31.7 Å². The number of amides is 1. The molecule has 0 spiro atoms. The van der Waals surface area contributed by atoms with Crippen molar-refractivity contribution in [3.05, 3.63) is 89.0 Å². The van der Waals surface area contributed by atoms with Crippen molar-refractivity contribution in [2.24, 2.45) is 0 Å². The van der Waals surface area contributed by atoms with Gasteiger partial charge in [0.2, 0.25) is 5.91 Å². The van der Waals surface area contributed by atoms with Crippen LogP contribution in [0.1, 0.15) is 52.4 Å². The minimum absolute atomic E-state index is 0.0729. The molecule has 1 aliphatic rings. The van der Waals surface area contributed by atoms with Crippen LogP contribution < -0.4 is 14.2 Å². The Balaban J connectivity index is 1.66. The molecule has 194 valence electrons. The fourth-order valence-electron chi connectivity index (χ4n) is 4.89. The summed E-state index contributed by atoms with van der Waals surface area (Å²) in [5.74, 6) is 1.29. The van der Waals surface area contributed by atoms with Gasteiger partial charge in [0.05, 0.1) is 38.9 Å². The second-order valence-electron chi connectivity index (χ2n) is 8.90. The second kappa shape index (κ2) is 11.8. The van der Waals surface area contributed by atoms with Crippen molar-refractivity contribution < 1.29 is 28.5 Å². The van der Waals surface area contributed by atoms with Crippen LogP contribution in [0.2, 0.25) is 0 Å². The highest BCUT2D eigenvalue weighted by atomic mass is 16.5. The summed E-state index contributed by atoms with van der Waals surface area (Å²) in [7, 11) is 4.57. The third kappa shape index (κ3) is 5.56. The highest BCUT2D eigenvalue weighted by Crippen LogP contribution is 2.40. The first-order valence-corrected chi connectivity index (χ1v) is 12.4. The summed E-state index contributed by atoms with van der Waals surface area (Å²) in [4.78, 5) is 27.7. The average Bonchev–Trinajstić information content (AvgIpc) is 2.95. The molecular formula is C30H33NO6. The molecular weight excluding hydrogens is 470 g/mol. The maximum atomic E-state index is 14.0. The molecule has 0 fully saturated rings. The van der Waals surface area contributed by atoms with Crippen molar-refractivity contribution in [2.75, 3.05) is 34.5 Å². The zero-order valence-electron chi connectivity index (χ0n) is 21.7. The Kier molecular flexibility index (Phi) is 8.33. The Morgan fingerprint density at radius 3 is 2.24 bits per heavy atom. The summed E-state index contributed by atoms with van der Waals surface area (Å²) >= 11 is 0. The van der Waals surface area contributed by atoms with Gasteiger partial charge >= 0.3 is 5.97 Å². The number of fused-ring (bicyclic) bond motifs is 1. The lowest BCUT2D eigenvalue weighted by Crippen LogP contribution is -2.44.